The van der Waals surface area contributed by atoms with Gasteiger partial charge in [-0.3, -0.25) is 0 Å². The molecule has 0 aliphatic rings. The molecule has 0 spiro atoms. The van der Waals surface area contributed by atoms with Gasteiger partial charge in [-0.1, -0.05) is 59.6 Å². The highest BCUT2D eigenvalue weighted by atomic mass is 35.5. The lowest BCUT2D eigenvalue weighted by atomic mass is 10.0. The molecule has 4 N–H and O–H groups in total. The van der Waals surface area contributed by atoms with Gasteiger partial charge in [-0.2, -0.15) is 0 Å². The Balaban J connectivity index is 1.33. The Kier molecular flexibility index (Phi) is 11.3. The van der Waals surface area contributed by atoms with Crippen molar-refractivity contribution in [2.24, 2.45) is 0 Å². The summed E-state index contributed by atoms with van der Waals surface area (Å²) in [5.41, 5.74) is 4.41. The third-order valence-corrected chi connectivity index (χ3v) is 6.58. The number of aliphatic hydroxyl groups is 2. The first-order valence-electron chi connectivity index (χ1n) is 11.9. The fraction of sp³-hybridized carbons (Fsp3) is 0.357. The minimum absolute atomic E-state index is 0.0299. The Morgan fingerprint density at radius 1 is 0.886 bits per heavy atom. The maximum Gasteiger partial charge on any atom is 0.121 e. The summed E-state index contributed by atoms with van der Waals surface area (Å²) in [6, 6.07) is 18.7. The van der Waals surface area contributed by atoms with Crippen LogP contribution in [0.4, 0.5) is 0 Å². The van der Waals surface area contributed by atoms with Crippen LogP contribution in [0.15, 0.2) is 60.7 Å². The zero-order valence-corrected chi connectivity index (χ0v) is 21.2. The molecule has 0 saturated heterocycles. The molecule has 35 heavy (non-hydrogen) atoms. The maximum atomic E-state index is 10.4. The Morgan fingerprint density at radius 2 is 1.63 bits per heavy atom. The zero-order valence-electron chi connectivity index (χ0n) is 19.7. The molecule has 0 aromatic heterocycles. The van der Waals surface area contributed by atoms with Gasteiger partial charge < -0.3 is 25.4 Å². The Bertz CT molecular complexity index is 1060. The highest BCUT2D eigenvalue weighted by molar-refractivity contribution is 6.35. The summed E-state index contributed by atoms with van der Waals surface area (Å²) in [4.78, 5) is 0. The fourth-order valence-corrected chi connectivity index (χ4v) is 4.46. The number of halogens is 2. The third-order valence-electron chi connectivity index (χ3n) is 5.87. The van der Waals surface area contributed by atoms with E-state index in [0.717, 1.165) is 53.4 Å². The molecular weight excluding hydrogens is 485 g/mol. The Labute approximate surface area is 217 Å². The van der Waals surface area contributed by atoms with Crippen LogP contribution in [0.1, 0.15) is 46.8 Å². The average molecular weight is 518 g/mol. The second-order valence-electron chi connectivity index (χ2n) is 8.55. The van der Waals surface area contributed by atoms with E-state index in [-0.39, 0.29) is 12.4 Å². The molecule has 0 aliphatic carbocycles. The van der Waals surface area contributed by atoms with E-state index in [0.29, 0.717) is 30.9 Å². The van der Waals surface area contributed by atoms with Crippen LogP contribution in [0.5, 0.6) is 5.75 Å². The van der Waals surface area contributed by atoms with Crippen LogP contribution in [0.2, 0.25) is 10.0 Å². The van der Waals surface area contributed by atoms with Gasteiger partial charge in [-0.25, -0.2) is 0 Å². The monoisotopic (exact) mass is 517 g/mol. The molecule has 3 aromatic rings. The van der Waals surface area contributed by atoms with Gasteiger partial charge in [0.05, 0.1) is 19.3 Å². The molecule has 0 amide bonds. The van der Waals surface area contributed by atoms with E-state index in [4.69, 9.17) is 27.9 Å². The smallest absolute Gasteiger partial charge is 0.121 e. The van der Waals surface area contributed by atoms with Gasteiger partial charge in [0.15, 0.2) is 0 Å². The largest absolute Gasteiger partial charge is 0.508 e. The lowest BCUT2D eigenvalue weighted by Gasteiger charge is -2.14. The number of benzene rings is 3. The fourth-order valence-electron chi connectivity index (χ4n) is 3.87. The number of aromatic hydroxyl groups is 1. The number of phenols is 1. The quantitative estimate of drug-likeness (QED) is 0.209. The molecule has 1 unspecified atom stereocenters. The second kappa shape index (κ2) is 14.4. The van der Waals surface area contributed by atoms with E-state index in [2.05, 4.69) is 23.5 Å². The van der Waals surface area contributed by atoms with Crippen molar-refractivity contribution in [3.05, 3.63) is 98.5 Å². The normalized spacial score (nSPS) is 12.1. The van der Waals surface area contributed by atoms with Gasteiger partial charge in [0.2, 0.25) is 0 Å². The highest BCUT2D eigenvalue weighted by Gasteiger charge is 2.10. The summed E-state index contributed by atoms with van der Waals surface area (Å²) < 4.78 is 5.86. The van der Waals surface area contributed by atoms with Crippen molar-refractivity contribution in [3.8, 4) is 5.75 Å². The molecule has 5 nitrogen and oxygen atoms in total. The summed E-state index contributed by atoms with van der Waals surface area (Å²) in [7, 11) is 0. The molecule has 0 fully saturated rings. The molecule has 3 aromatic carbocycles. The van der Waals surface area contributed by atoms with E-state index < -0.39 is 6.10 Å². The molecule has 0 aliphatic heterocycles. The van der Waals surface area contributed by atoms with E-state index in [9.17, 15) is 15.3 Å². The predicted molar refractivity (Wildman–Crippen MR) is 141 cm³/mol. The molecule has 1 atom stereocenters. The van der Waals surface area contributed by atoms with E-state index in [1.165, 1.54) is 11.6 Å². The lowest BCUT2D eigenvalue weighted by Crippen LogP contribution is -2.23. The van der Waals surface area contributed by atoms with Gasteiger partial charge in [0.1, 0.15) is 5.75 Å². The van der Waals surface area contributed by atoms with Gasteiger partial charge in [-0.15, -0.1) is 0 Å². The molecular formula is C28H33Cl2NO4. The standard InChI is InChI=1S/C28H33Cl2NO4/c29-25-8-4-9-26(30)24(25)7-1-2-14-35-19-21-6-3-5-20(15-21)12-13-31-17-28(34)22-10-11-27(33)23(16-22)18-32/h3-6,8-11,15-16,28,31-34H,1-2,7,12-14,17-19H2. The number of aliphatic hydroxyl groups excluding tert-OH is 2. The van der Waals surface area contributed by atoms with Crippen LogP contribution in [-0.2, 0) is 30.8 Å². The topological polar surface area (TPSA) is 82.0 Å². The number of unbranched alkanes of at least 4 members (excludes halogenated alkanes) is 1. The number of nitrogens with one attached hydrogen (secondary N) is 1. The maximum absolute atomic E-state index is 10.4. The van der Waals surface area contributed by atoms with E-state index in [1.807, 2.05) is 24.3 Å². The lowest BCUT2D eigenvalue weighted by molar-refractivity contribution is 0.117. The van der Waals surface area contributed by atoms with E-state index >= 15 is 0 Å². The average Bonchev–Trinajstić information content (AvgIpc) is 2.86. The van der Waals surface area contributed by atoms with Crippen molar-refractivity contribution in [2.45, 2.75) is 45.0 Å². The summed E-state index contributed by atoms with van der Waals surface area (Å²) in [6.45, 7) is 2.09. The summed E-state index contributed by atoms with van der Waals surface area (Å²) in [5, 5.41) is 34.0. The van der Waals surface area contributed by atoms with Crippen molar-refractivity contribution >= 4 is 23.2 Å². The van der Waals surface area contributed by atoms with Crippen LogP contribution in [0, 0.1) is 0 Å². The molecule has 0 saturated carbocycles. The first kappa shape index (κ1) is 27.5. The van der Waals surface area contributed by atoms with Crippen molar-refractivity contribution in [1.82, 2.24) is 5.32 Å². The molecule has 0 bridgehead atoms. The van der Waals surface area contributed by atoms with Gasteiger partial charge >= 0.3 is 0 Å². The molecule has 188 valence electrons. The first-order chi connectivity index (χ1) is 17.0. The van der Waals surface area contributed by atoms with Gasteiger partial charge in [0.25, 0.3) is 0 Å². The number of rotatable bonds is 14. The summed E-state index contributed by atoms with van der Waals surface area (Å²) in [5.74, 6) is 0.0299. The Morgan fingerprint density at radius 3 is 2.40 bits per heavy atom. The SMILES string of the molecule is OCc1cc(C(O)CNCCc2cccc(COCCCCc3c(Cl)cccc3Cl)c2)ccc1O. The van der Waals surface area contributed by atoms with Gasteiger partial charge in [-0.05, 0) is 78.7 Å². The minimum Gasteiger partial charge on any atom is -0.508 e. The van der Waals surface area contributed by atoms with Crippen LogP contribution in [0.3, 0.4) is 0 Å². The zero-order chi connectivity index (χ0) is 25.0. The molecule has 3 rings (SSSR count). The predicted octanol–water partition coefficient (Wildman–Crippen LogP) is 5.60. The van der Waals surface area contributed by atoms with Crippen molar-refractivity contribution in [1.29, 1.82) is 0 Å². The number of hydrogen-bond acceptors (Lipinski definition) is 5. The number of ether oxygens (including phenoxy) is 1. The Hall–Kier alpha value is -2.12. The van der Waals surface area contributed by atoms with Crippen molar-refractivity contribution in [2.75, 3.05) is 19.7 Å². The van der Waals surface area contributed by atoms with Crippen molar-refractivity contribution < 1.29 is 20.1 Å². The summed E-state index contributed by atoms with van der Waals surface area (Å²) in [6.07, 6.45) is 2.86. The third kappa shape index (κ3) is 8.80. The molecule has 7 heteroatoms. The van der Waals surface area contributed by atoms with Crippen LogP contribution >= 0.6 is 23.2 Å². The summed E-state index contributed by atoms with van der Waals surface area (Å²) >= 11 is 12.4. The van der Waals surface area contributed by atoms with Crippen molar-refractivity contribution in [3.63, 3.8) is 0 Å². The highest BCUT2D eigenvalue weighted by Crippen LogP contribution is 2.26. The first-order valence-corrected chi connectivity index (χ1v) is 12.6. The molecule has 0 heterocycles. The molecule has 0 radical (unpaired) electrons. The van der Waals surface area contributed by atoms with Crippen LogP contribution in [0.25, 0.3) is 0 Å². The minimum atomic E-state index is -0.713. The van der Waals surface area contributed by atoms with Crippen LogP contribution in [-0.4, -0.2) is 35.0 Å². The van der Waals surface area contributed by atoms with Crippen LogP contribution < -0.4 is 5.32 Å². The van der Waals surface area contributed by atoms with E-state index in [1.54, 1.807) is 12.1 Å². The van der Waals surface area contributed by atoms with Gasteiger partial charge in [0, 0.05) is 28.8 Å². The number of hydrogen-bond donors (Lipinski definition) is 4. The second-order valence-corrected chi connectivity index (χ2v) is 9.36.